The Kier molecular flexibility index (Phi) is 4.70. The highest BCUT2D eigenvalue weighted by atomic mass is 35.5. The van der Waals surface area contributed by atoms with Crippen LogP contribution in [-0.4, -0.2) is 12.5 Å². The van der Waals surface area contributed by atoms with Crippen molar-refractivity contribution in [2.75, 3.05) is 17.2 Å². The predicted molar refractivity (Wildman–Crippen MR) is 74.9 cm³/mol. The van der Waals surface area contributed by atoms with E-state index >= 15 is 0 Å². The first-order chi connectivity index (χ1) is 9.95. The molecule has 0 spiro atoms. The topological polar surface area (TPSA) is 41.1 Å². The van der Waals surface area contributed by atoms with Crippen LogP contribution in [0, 0.1) is 17.5 Å². The van der Waals surface area contributed by atoms with Gasteiger partial charge in [0.25, 0.3) is 0 Å². The third kappa shape index (κ3) is 4.13. The molecule has 2 N–H and O–H groups in total. The second-order valence-electron chi connectivity index (χ2n) is 4.16. The molecule has 0 unspecified atom stereocenters. The van der Waals surface area contributed by atoms with Gasteiger partial charge in [0, 0.05) is 10.7 Å². The molecule has 2 aromatic carbocycles. The lowest BCUT2D eigenvalue weighted by Crippen LogP contribution is -2.23. The summed E-state index contributed by atoms with van der Waals surface area (Å²) in [5, 5.41) is 4.87. The Morgan fingerprint density at radius 1 is 1.10 bits per heavy atom. The summed E-state index contributed by atoms with van der Waals surface area (Å²) in [7, 11) is 0. The fourth-order valence-electron chi connectivity index (χ4n) is 1.64. The lowest BCUT2D eigenvalue weighted by molar-refractivity contribution is -0.114. The average Bonchev–Trinajstić information content (AvgIpc) is 2.40. The molecule has 0 atom stereocenters. The van der Waals surface area contributed by atoms with E-state index in [1.165, 1.54) is 12.1 Å². The highest BCUT2D eigenvalue weighted by molar-refractivity contribution is 6.30. The summed E-state index contributed by atoms with van der Waals surface area (Å²) in [6.45, 7) is -0.298. The molecule has 21 heavy (non-hydrogen) atoms. The van der Waals surface area contributed by atoms with Crippen LogP contribution in [0.25, 0.3) is 0 Å². The normalized spacial score (nSPS) is 10.3. The molecule has 0 saturated carbocycles. The summed E-state index contributed by atoms with van der Waals surface area (Å²) in [5.41, 5.74) is -0.245. The second-order valence-corrected chi connectivity index (χ2v) is 4.59. The van der Waals surface area contributed by atoms with Crippen molar-refractivity contribution < 1.29 is 18.0 Å². The molecule has 3 nitrogen and oxygen atoms in total. The number of benzene rings is 2. The zero-order valence-corrected chi connectivity index (χ0v) is 11.3. The smallest absolute Gasteiger partial charge is 0.243 e. The molecule has 7 heteroatoms. The van der Waals surface area contributed by atoms with Gasteiger partial charge in [-0.3, -0.25) is 4.79 Å². The van der Waals surface area contributed by atoms with Crippen LogP contribution < -0.4 is 10.6 Å². The minimum absolute atomic E-state index is 0.165. The van der Waals surface area contributed by atoms with Gasteiger partial charge in [0.15, 0.2) is 0 Å². The summed E-state index contributed by atoms with van der Waals surface area (Å²) < 4.78 is 39.8. The van der Waals surface area contributed by atoms with Crippen molar-refractivity contribution in [2.45, 2.75) is 0 Å². The largest absolute Gasteiger partial charge is 0.376 e. The van der Waals surface area contributed by atoms with Crippen molar-refractivity contribution >= 4 is 28.9 Å². The van der Waals surface area contributed by atoms with E-state index in [2.05, 4.69) is 10.6 Å². The van der Waals surface area contributed by atoms with Crippen molar-refractivity contribution in [3.05, 3.63) is 58.9 Å². The number of hydrogen-bond acceptors (Lipinski definition) is 2. The van der Waals surface area contributed by atoms with Gasteiger partial charge < -0.3 is 10.6 Å². The quantitative estimate of drug-likeness (QED) is 0.901. The van der Waals surface area contributed by atoms with Crippen molar-refractivity contribution in [1.82, 2.24) is 0 Å². The second kappa shape index (κ2) is 6.49. The molecule has 0 aliphatic rings. The number of carbonyl (C=O) groups excluding carboxylic acids is 1. The standard InChI is InChI=1S/C14H10ClF3N2O/c15-8-4-9(16)6-10(5-8)19-7-13(21)20-14-11(17)2-1-3-12(14)18/h1-6,19H,7H2,(H,20,21). The maximum atomic E-state index is 13.3. The molecule has 0 fully saturated rings. The molecule has 0 radical (unpaired) electrons. The summed E-state index contributed by atoms with van der Waals surface area (Å²) in [5.74, 6) is -3.00. The Labute approximate surface area is 123 Å². The van der Waals surface area contributed by atoms with Crippen molar-refractivity contribution in [3.8, 4) is 0 Å². The Morgan fingerprint density at radius 2 is 1.76 bits per heavy atom. The van der Waals surface area contributed by atoms with E-state index in [9.17, 15) is 18.0 Å². The van der Waals surface area contributed by atoms with E-state index in [0.29, 0.717) is 0 Å². The van der Waals surface area contributed by atoms with Gasteiger partial charge in [-0.2, -0.15) is 0 Å². The first kappa shape index (κ1) is 15.2. The monoisotopic (exact) mass is 314 g/mol. The number of carbonyl (C=O) groups is 1. The van der Waals surface area contributed by atoms with Gasteiger partial charge in [0.05, 0.1) is 6.54 Å². The number of amides is 1. The van der Waals surface area contributed by atoms with Crippen LogP contribution >= 0.6 is 11.6 Å². The molecular weight excluding hydrogens is 305 g/mol. The van der Waals surface area contributed by atoms with E-state index in [1.54, 1.807) is 0 Å². The number of nitrogens with one attached hydrogen (secondary N) is 2. The van der Waals surface area contributed by atoms with Crippen LogP contribution in [0.3, 0.4) is 0 Å². The lowest BCUT2D eigenvalue weighted by Gasteiger charge is -2.09. The van der Waals surface area contributed by atoms with E-state index < -0.39 is 29.0 Å². The summed E-state index contributed by atoms with van der Waals surface area (Å²) in [6, 6.07) is 6.91. The molecule has 0 saturated heterocycles. The van der Waals surface area contributed by atoms with E-state index in [4.69, 9.17) is 11.6 Å². The molecular formula is C14H10ClF3N2O. The zero-order valence-electron chi connectivity index (χ0n) is 10.6. The van der Waals surface area contributed by atoms with Crippen molar-refractivity contribution in [1.29, 1.82) is 0 Å². The van der Waals surface area contributed by atoms with Crippen LogP contribution in [0.5, 0.6) is 0 Å². The van der Waals surface area contributed by atoms with Crippen LogP contribution in [-0.2, 0) is 4.79 Å². The maximum Gasteiger partial charge on any atom is 0.243 e. The molecule has 0 aliphatic carbocycles. The lowest BCUT2D eigenvalue weighted by atomic mass is 10.3. The van der Waals surface area contributed by atoms with Crippen molar-refractivity contribution in [2.24, 2.45) is 0 Å². The van der Waals surface area contributed by atoms with Gasteiger partial charge in [-0.15, -0.1) is 0 Å². The van der Waals surface area contributed by atoms with Gasteiger partial charge in [0.2, 0.25) is 5.91 Å². The minimum atomic E-state index is -0.878. The summed E-state index contributed by atoms with van der Waals surface area (Å²) in [6.07, 6.45) is 0. The minimum Gasteiger partial charge on any atom is -0.376 e. The van der Waals surface area contributed by atoms with Crippen LogP contribution in [0.4, 0.5) is 24.5 Å². The Bertz CT molecular complexity index is 639. The molecule has 0 heterocycles. The Balaban J connectivity index is 1.99. The highest BCUT2D eigenvalue weighted by Gasteiger charge is 2.11. The summed E-state index contributed by atoms with van der Waals surface area (Å²) >= 11 is 5.66. The molecule has 1 amide bonds. The number of para-hydroxylation sites is 1. The third-order valence-corrected chi connectivity index (χ3v) is 2.76. The fraction of sp³-hybridized carbons (Fsp3) is 0.0714. The first-order valence-electron chi connectivity index (χ1n) is 5.89. The first-order valence-corrected chi connectivity index (χ1v) is 6.27. The third-order valence-electron chi connectivity index (χ3n) is 2.54. The van der Waals surface area contributed by atoms with Gasteiger partial charge in [-0.05, 0) is 30.3 Å². The molecule has 0 aromatic heterocycles. The number of anilines is 2. The molecule has 0 bridgehead atoms. The van der Waals surface area contributed by atoms with E-state index in [-0.39, 0.29) is 17.3 Å². The van der Waals surface area contributed by atoms with Gasteiger partial charge in [0.1, 0.15) is 23.1 Å². The molecule has 2 rings (SSSR count). The predicted octanol–water partition coefficient (Wildman–Crippen LogP) is 3.81. The maximum absolute atomic E-state index is 13.3. The van der Waals surface area contributed by atoms with E-state index in [1.807, 2.05) is 0 Å². The van der Waals surface area contributed by atoms with Crippen LogP contribution in [0.2, 0.25) is 5.02 Å². The Hall–Kier alpha value is -2.21. The van der Waals surface area contributed by atoms with Crippen LogP contribution in [0.15, 0.2) is 36.4 Å². The SMILES string of the molecule is O=C(CNc1cc(F)cc(Cl)c1)Nc1c(F)cccc1F. The van der Waals surface area contributed by atoms with Crippen LogP contribution in [0.1, 0.15) is 0 Å². The number of hydrogen-bond donors (Lipinski definition) is 2. The molecule has 110 valence electrons. The Morgan fingerprint density at radius 3 is 2.38 bits per heavy atom. The zero-order chi connectivity index (χ0) is 15.4. The van der Waals surface area contributed by atoms with E-state index in [0.717, 1.165) is 24.3 Å². The van der Waals surface area contributed by atoms with Gasteiger partial charge in [-0.1, -0.05) is 17.7 Å². The molecule has 2 aromatic rings. The average molecular weight is 315 g/mol. The highest BCUT2D eigenvalue weighted by Crippen LogP contribution is 2.19. The van der Waals surface area contributed by atoms with Gasteiger partial charge >= 0.3 is 0 Å². The number of rotatable bonds is 4. The van der Waals surface area contributed by atoms with Crippen molar-refractivity contribution in [3.63, 3.8) is 0 Å². The number of halogens is 4. The van der Waals surface area contributed by atoms with Gasteiger partial charge in [-0.25, -0.2) is 13.2 Å². The molecule has 0 aliphatic heterocycles. The fourth-order valence-corrected chi connectivity index (χ4v) is 1.86. The summed E-state index contributed by atoms with van der Waals surface area (Å²) in [4.78, 5) is 11.6.